The van der Waals surface area contributed by atoms with Crippen molar-refractivity contribution in [2.75, 3.05) is 17.2 Å². The number of rotatable bonds is 4. The molecule has 0 fully saturated rings. The van der Waals surface area contributed by atoms with Crippen molar-refractivity contribution in [2.24, 2.45) is 0 Å². The maximum Gasteiger partial charge on any atom is 0.221 e. The van der Waals surface area contributed by atoms with Crippen LogP contribution in [0.15, 0.2) is 48.0 Å². The molecule has 3 heterocycles. The van der Waals surface area contributed by atoms with E-state index in [9.17, 15) is 4.79 Å². The number of anilines is 2. The molecule has 0 bridgehead atoms. The molecule has 0 radical (unpaired) electrons. The quantitative estimate of drug-likeness (QED) is 0.475. The van der Waals surface area contributed by atoms with Crippen LogP contribution in [0.2, 0.25) is 0 Å². The van der Waals surface area contributed by atoms with Gasteiger partial charge in [-0.2, -0.15) is 0 Å². The number of aryl methyl sites for hydroxylation is 1. The number of amides is 1. The average molecular weight is 432 g/mol. The van der Waals surface area contributed by atoms with Crippen LogP contribution >= 0.6 is 11.3 Å². The molecule has 0 aliphatic carbocycles. The van der Waals surface area contributed by atoms with E-state index in [1.807, 2.05) is 48.8 Å². The lowest BCUT2D eigenvalue weighted by Gasteiger charge is -2.28. The zero-order chi connectivity index (χ0) is 21.4. The predicted octanol–water partition coefficient (Wildman–Crippen LogP) is 4.96. The van der Waals surface area contributed by atoms with E-state index in [-0.39, 0.29) is 11.9 Å². The summed E-state index contributed by atoms with van der Waals surface area (Å²) in [6.45, 7) is 4.01. The van der Waals surface area contributed by atoms with Crippen molar-refractivity contribution >= 4 is 39.0 Å². The Hall–Kier alpha value is -3.52. The highest BCUT2D eigenvalue weighted by molar-refractivity contribution is 7.16. The molecule has 2 N–H and O–H groups in total. The highest BCUT2D eigenvalue weighted by Gasteiger charge is 2.23. The number of hydrogen-bond donors (Lipinski definition) is 2. The summed E-state index contributed by atoms with van der Waals surface area (Å²) >= 11 is 1.62. The number of nitrogens with zero attached hydrogens (tertiary/aromatic N) is 3. The molecule has 4 aromatic rings. The van der Waals surface area contributed by atoms with Gasteiger partial charge in [-0.15, -0.1) is 11.3 Å². The van der Waals surface area contributed by atoms with E-state index in [1.165, 1.54) is 6.92 Å². The Morgan fingerprint density at radius 3 is 2.94 bits per heavy atom. The van der Waals surface area contributed by atoms with Crippen molar-refractivity contribution in [1.82, 2.24) is 15.0 Å². The normalized spacial score (nSPS) is 15.2. The number of thiazole rings is 1. The molecule has 8 heteroatoms. The predicted molar refractivity (Wildman–Crippen MR) is 123 cm³/mol. The first kappa shape index (κ1) is 19.4. The average Bonchev–Trinajstić information content (AvgIpc) is 3.21. The number of ether oxygens (including phenoxy) is 1. The number of hydrogen-bond acceptors (Lipinski definition) is 7. The minimum atomic E-state index is -0.102. The fraction of sp³-hybridized carbons (Fsp3) is 0.217. The first-order valence-corrected chi connectivity index (χ1v) is 10.9. The monoisotopic (exact) mass is 431 g/mol. The summed E-state index contributed by atoms with van der Waals surface area (Å²) in [5.41, 5.74) is 6.49. The Morgan fingerprint density at radius 2 is 2.06 bits per heavy atom. The standard InChI is InChI=1S/C23H21N5O2S/c1-13-25-20(15-3-5-19-22(9-15)31-12-24-19)11-23(26-13)28-18-7-8-30-21-6-4-16(10-17(18)21)27-14(2)29/h3-6,9-12,18H,7-8H2,1-2H3,(H,27,29)(H,25,26,28). The molecule has 1 atom stereocenters. The Balaban J connectivity index is 1.46. The third-order valence-electron chi connectivity index (χ3n) is 5.16. The molecule has 31 heavy (non-hydrogen) atoms. The van der Waals surface area contributed by atoms with Crippen molar-refractivity contribution in [2.45, 2.75) is 26.3 Å². The molecule has 1 unspecified atom stereocenters. The van der Waals surface area contributed by atoms with E-state index in [0.29, 0.717) is 12.4 Å². The maximum absolute atomic E-state index is 11.4. The zero-order valence-electron chi connectivity index (χ0n) is 17.2. The number of carbonyl (C=O) groups excluding carboxylic acids is 1. The second kappa shape index (κ2) is 7.96. The largest absolute Gasteiger partial charge is 0.493 e. The van der Waals surface area contributed by atoms with Crippen LogP contribution < -0.4 is 15.4 Å². The summed E-state index contributed by atoms with van der Waals surface area (Å²) in [6.07, 6.45) is 0.793. The Labute approximate surface area is 183 Å². The summed E-state index contributed by atoms with van der Waals surface area (Å²) < 4.78 is 6.94. The van der Waals surface area contributed by atoms with E-state index in [0.717, 1.165) is 50.7 Å². The molecule has 7 nitrogen and oxygen atoms in total. The van der Waals surface area contributed by atoms with Gasteiger partial charge in [0.2, 0.25) is 5.91 Å². The van der Waals surface area contributed by atoms with E-state index in [2.05, 4.69) is 31.7 Å². The second-order valence-corrected chi connectivity index (χ2v) is 8.37. The number of nitrogens with one attached hydrogen (secondary N) is 2. The van der Waals surface area contributed by atoms with Gasteiger partial charge in [-0.3, -0.25) is 4.79 Å². The summed E-state index contributed by atoms with van der Waals surface area (Å²) in [6, 6.07) is 13.9. The van der Waals surface area contributed by atoms with Gasteiger partial charge >= 0.3 is 0 Å². The summed E-state index contributed by atoms with van der Waals surface area (Å²) in [5, 5.41) is 6.39. The minimum Gasteiger partial charge on any atom is -0.493 e. The van der Waals surface area contributed by atoms with Crippen molar-refractivity contribution < 1.29 is 9.53 Å². The van der Waals surface area contributed by atoms with Gasteiger partial charge < -0.3 is 15.4 Å². The van der Waals surface area contributed by atoms with Gasteiger partial charge in [0.05, 0.1) is 34.1 Å². The van der Waals surface area contributed by atoms with E-state index >= 15 is 0 Å². The molecule has 0 saturated carbocycles. The number of benzene rings is 2. The van der Waals surface area contributed by atoms with Crippen molar-refractivity contribution in [3.8, 4) is 17.0 Å². The lowest BCUT2D eigenvalue weighted by atomic mass is 9.99. The van der Waals surface area contributed by atoms with Gasteiger partial charge in [0, 0.05) is 36.2 Å². The minimum absolute atomic E-state index is 0.0172. The smallest absolute Gasteiger partial charge is 0.221 e. The summed E-state index contributed by atoms with van der Waals surface area (Å²) in [7, 11) is 0. The van der Waals surface area contributed by atoms with Crippen LogP contribution in [-0.4, -0.2) is 27.5 Å². The van der Waals surface area contributed by atoms with Crippen LogP contribution in [0.1, 0.15) is 30.8 Å². The highest BCUT2D eigenvalue weighted by atomic mass is 32.1. The third kappa shape index (κ3) is 4.06. The lowest BCUT2D eigenvalue weighted by Crippen LogP contribution is -2.21. The van der Waals surface area contributed by atoms with Crippen LogP contribution in [0.25, 0.3) is 21.5 Å². The van der Waals surface area contributed by atoms with E-state index < -0.39 is 0 Å². The van der Waals surface area contributed by atoms with Crippen molar-refractivity contribution in [3.05, 3.63) is 59.4 Å². The summed E-state index contributed by atoms with van der Waals surface area (Å²) in [4.78, 5) is 25.0. The topological polar surface area (TPSA) is 89.0 Å². The fourth-order valence-corrected chi connectivity index (χ4v) is 4.52. The maximum atomic E-state index is 11.4. The Morgan fingerprint density at radius 1 is 1.16 bits per heavy atom. The zero-order valence-corrected chi connectivity index (χ0v) is 18.0. The van der Waals surface area contributed by atoms with Crippen molar-refractivity contribution in [1.29, 1.82) is 0 Å². The van der Waals surface area contributed by atoms with Gasteiger partial charge in [0.25, 0.3) is 0 Å². The molecular weight excluding hydrogens is 410 g/mol. The van der Waals surface area contributed by atoms with Crippen LogP contribution in [0.3, 0.4) is 0 Å². The molecule has 156 valence electrons. The van der Waals surface area contributed by atoms with Gasteiger partial charge in [0.15, 0.2) is 0 Å². The number of fused-ring (bicyclic) bond motifs is 2. The fourth-order valence-electron chi connectivity index (χ4n) is 3.81. The second-order valence-electron chi connectivity index (χ2n) is 7.49. The Bertz CT molecular complexity index is 1290. The SMILES string of the molecule is CC(=O)Nc1ccc2c(c1)C(Nc1cc(-c3ccc4ncsc4c3)nc(C)n1)CCO2. The third-order valence-corrected chi connectivity index (χ3v) is 5.95. The van der Waals surface area contributed by atoms with Crippen LogP contribution in [0.4, 0.5) is 11.5 Å². The molecule has 0 saturated heterocycles. The number of aromatic nitrogens is 3. The molecule has 2 aromatic carbocycles. The molecule has 1 aliphatic rings. The molecule has 5 rings (SSSR count). The van der Waals surface area contributed by atoms with Crippen LogP contribution in [-0.2, 0) is 4.79 Å². The molecule has 0 spiro atoms. The molecular formula is C23H21N5O2S. The summed E-state index contributed by atoms with van der Waals surface area (Å²) in [5.74, 6) is 2.17. The van der Waals surface area contributed by atoms with Crippen molar-refractivity contribution in [3.63, 3.8) is 0 Å². The molecule has 2 aromatic heterocycles. The van der Waals surface area contributed by atoms with Crippen LogP contribution in [0.5, 0.6) is 5.75 Å². The first-order chi connectivity index (χ1) is 15.0. The van der Waals surface area contributed by atoms with E-state index in [1.54, 1.807) is 11.3 Å². The highest BCUT2D eigenvalue weighted by Crippen LogP contribution is 2.36. The lowest BCUT2D eigenvalue weighted by molar-refractivity contribution is -0.114. The van der Waals surface area contributed by atoms with Gasteiger partial charge in [-0.1, -0.05) is 6.07 Å². The molecule has 1 aliphatic heterocycles. The van der Waals surface area contributed by atoms with Crippen LogP contribution in [0, 0.1) is 6.92 Å². The van der Waals surface area contributed by atoms with Gasteiger partial charge in [0.1, 0.15) is 17.4 Å². The van der Waals surface area contributed by atoms with Gasteiger partial charge in [-0.25, -0.2) is 15.0 Å². The molecule has 1 amide bonds. The van der Waals surface area contributed by atoms with E-state index in [4.69, 9.17) is 4.74 Å². The van der Waals surface area contributed by atoms with Gasteiger partial charge in [-0.05, 0) is 37.3 Å². The Kier molecular flexibility index (Phi) is 4.99. The number of carbonyl (C=O) groups is 1. The first-order valence-electron chi connectivity index (χ1n) is 10.1.